The van der Waals surface area contributed by atoms with Crippen LogP contribution in [0.4, 0.5) is 13.6 Å². The molecule has 1 aromatic heterocycles. The van der Waals surface area contributed by atoms with Gasteiger partial charge in [0.2, 0.25) is 0 Å². The van der Waals surface area contributed by atoms with Crippen LogP contribution in [0.5, 0.6) is 0 Å². The van der Waals surface area contributed by atoms with E-state index in [1.54, 1.807) is 25.3 Å². The van der Waals surface area contributed by atoms with Crippen LogP contribution in [0.15, 0.2) is 18.2 Å². The van der Waals surface area contributed by atoms with E-state index in [2.05, 4.69) is 4.98 Å². The molecule has 0 saturated heterocycles. The monoisotopic (exact) mass is 407 g/mol. The number of ether oxygens (including phenoxy) is 1. The number of nitrogens with zero attached hydrogens (tertiary/aromatic N) is 3. The van der Waals surface area contributed by atoms with Crippen molar-refractivity contribution in [2.75, 3.05) is 6.54 Å². The first kappa shape index (κ1) is 20.8. The van der Waals surface area contributed by atoms with E-state index in [1.807, 2.05) is 6.92 Å². The summed E-state index contributed by atoms with van der Waals surface area (Å²) in [5.74, 6) is -3.15. The number of hydrogen-bond acceptors (Lipinski definition) is 4. The average molecular weight is 407 g/mol. The number of rotatable bonds is 2. The molecule has 1 aliphatic heterocycles. The first-order valence-electron chi connectivity index (χ1n) is 9.22. The summed E-state index contributed by atoms with van der Waals surface area (Å²) in [6.45, 7) is 7.86. The fourth-order valence-electron chi connectivity index (χ4n) is 3.33. The van der Waals surface area contributed by atoms with E-state index < -0.39 is 29.3 Å². The largest absolute Gasteiger partial charge is 0.476 e. The van der Waals surface area contributed by atoms with Gasteiger partial charge in [0.25, 0.3) is 0 Å². The average Bonchev–Trinajstić information content (AvgIpc) is 2.84. The molecule has 156 valence electrons. The maximum absolute atomic E-state index is 13.7. The number of aromatic nitrogens is 2. The predicted molar refractivity (Wildman–Crippen MR) is 100 cm³/mol. The van der Waals surface area contributed by atoms with E-state index in [1.165, 1.54) is 11.0 Å². The van der Waals surface area contributed by atoms with Gasteiger partial charge in [-0.05, 0) is 44.9 Å². The highest BCUT2D eigenvalue weighted by Gasteiger charge is 2.32. The Bertz CT molecular complexity index is 965. The molecule has 2 heterocycles. The number of aromatic carboxylic acids is 1. The number of imidazole rings is 1. The zero-order chi connectivity index (χ0) is 21.5. The van der Waals surface area contributed by atoms with E-state index in [0.29, 0.717) is 18.8 Å². The smallest absolute Gasteiger partial charge is 0.410 e. The summed E-state index contributed by atoms with van der Waals surface area (Å²) in [4.78, 5) is 30.0. The van der Waals surface area contributed by atoms with Crippen LogP contribution < -0.4 is 0 Å². The minimum atomic E-state index is -1.26. The first-order chi connectivity index (χ1) is 13.5. The van der Waals surface area contributed by atoms with Gasteiger partial charge in [-0.3, -0.25) is 0 Å². The van der Waals surface area contributed by atoms with Crippen molar-refractivity contribution >= 4 is 12.1 Å². The Morgan fingerprint density at radius 1 is 1.21 bits per heavy atom. The van der Waals surface area contributed by atoms with Gasteiger partial charge in [0.15, 0.2) is 17.3 Å². The summed E-state index contributed by atoms with van der Waals surface area (Å²) in [6.07, 6.45) is -0.551. The fraction of sp³-hybridized carbons (Fsp3) is 0.450. The second-order valence-electron chi connectivity index (χ2n) is 8.24. The van der Waals surface area contributed by atoms with Crippen LogP contribution in [0.2, 0.25) is 0 Å². The zero-order valence-corrected chi connectivity index (χ0v) is 16.7. The Kier molecular flexibility index (Phi) is 5.34. The highest BCUT2D eigenvalue weighted by Crippen LogP contribution is 2.29. The van der Waals surface area contributed by atoms with Crippen LogP contribution >= 0.6 is 0 Å². The fourth-order valence-corrected chi connectivity index (χ4v) is 3.33. The Labute approximate surface area is 166 Å². The SMILES string of the molecule is CC1CN(C(=O)OC(C)(C)C)Cc2c(C(=O)O)nc(-c3ccc(F)c(F)c3)n2C1. The summed E-state index contributed by atoms with van der Waals surface area (Å²) >= 11 is 0. The maximum Gasteiger partial charge on any atom is 0.410 e. The Hall–Kier alpha value is -2.97. The van der Waals surface area contributed by atoms with Crippen molar-refractivity contribution in [1.82, 2.24) is 14.5 Å². The van der Waals surface area contributed by atoms with Crippen molar-refractivity contribution in [2.24, 2.45) is 5.92 Å². The Balaban J connectivity index is 2.08. The topological polar surface area (TPSA) is 84.7 Å². The molecule has 1 aromatic carbocycles. The van der Waals surface area contributed by atoms with Gasteiger partial charge in [-0.2, -0.15) is 0 Å². The molecule has 0 bridgehead atoms. The van der Waals surface area contributed by atoms with Crippen LogP contribution in [0.3, 0.4) is 0 Å². The van der Waals surface area contributed by atoms with E-state index >= 15 is 0 Å². The molecule has 0 fully saturated rings. The van der Waals surface area contributed by atoms with Crippen LogP contribution in [0, 0.1) is 17.6 Å². The molecule has 7 nitrogen and oxygen atoms in total. The van der Waals surface area contributed by atoms with Crippen LogP contribution in [-0.4, -0.2) is 43.8 Å². The number of hydrogen-bond donors (Lipinski definition) is 1. The van der Waals surface area contributed by atoms with Gasteiger partial charge in [0.05, 0.1) is 12.2 Å². The third kappa shape index (κ3) is 4.38. The van der Waals surface area contributed by atoms with Gasteiger partial charge < -0.3 is 19.3 Å². The van der Waals surface area contributed by atoms with Crippen molar-refractivity contribution in [3.8, 4) is 11.4 Å². The number of carbonyl (C=O) groups is 2. The summed E-state index contributed by atoms with van der Waals surface area (Å²) in [7, 11) is 0. The standard InChI is InChI=1S/C20H23F2N3O4/c1-11-8-24(19(28)29-20(2,3)4)10-15-16(18(26)27)23-17(25(15)9-11)12-5-6-13(21)14(22)7-12/h5-7,11H,8-10H2,1-4H3,(H,26,27). The van der Waals surface area contributed by atoms with Crippen LogP contribution in [0.1, 0.15) is 43.9 Å². The number of amides is 1. The van der Waals surface area contributed by atoms with Gasteiger partial charge in [0, 0.05) is 18.7 Å². The van der Waals surface area contributed by atoms with Gasteiger partial charge in [-0.15, -0.1) is 0 Å². The zero-order valence-electron chi connectivity index (χ0n) is 16.7. The second-order valence-corrected chi connectivity index (χ2v) is 8.24. The quantitative estimate of drug-likeness (QED) is 0.816. The van der Waals surface area contributed by atoms with Crippen molar-refractivity contribution < 1.29 is 28.2 Å². The molecule has 9 heteroatoms. The number of carboxylic acid groups (broad SMARTS) is 1. The lowest BCUT2D eigenvalue weighted by molar-refractivity contribution is 0.0212. The molecule has 1 unspecified atom stereocenters. The molecule has 0 aliphatic carbocycles. The molecular formula is C20H23F2N3O4. The lowest BCUT2D eigenvalue weighted by Gasteiger charge is -2.27. The number of carbonyl (C=O) groups excluding carboxylic acids is 1. The van der Waals surface area contributed by atoms with E-state index in [-0.39, 0.29) is 29.5 Å². The van der Waals surface area contributed by atoms with Gasteiger partial charge in [-0.25, -0.2) is 23.4 Å². The number of fused-ring (bicyclic) bond motifs is 1. The molecule has 1 atom stereocenters. The minimum Gasteiger partial charge on any atom is -0.476 e. The summed E-state index contributed by atoms with van der Waals surface area (Å²) in [5, 5.41) is 9.62. The molecule has 29 heavy (non-hydrogen) atoms. The Morgan fingerprint density at radius 3 is 2.48 bits per heavy atom. The molecule has 0 spiro atoms. The van der Waals surface area contributed by atoms with Gasteiger partial charge >= 0.3 is 12.1 Å². The van der Waals surface area contributed by atoms with Crippen molar-refractivity contribution in [3.05, 3.63) is 41.2 Å². The molecule has 3 rings (SSSR count). The third-order valence-corrected chi connectivity index (χ3v) is 4.47. The minimum absolute atomic E-state index is 0.0163. The highest BCUT2D eigenvalue weighted by molar-refractivity contribution is 5.88. The van der Waals surface area contributed by atoms with Crippen LogP contribution in [-0.2, 0) is 17.8 Å². The first-order valence-corrected chi connectivity index (χ1v) is 9.22. The van der Waals surface area contributed by atoms with E-state index in [0.717, 1.165) is 12.1 Å². The highest BCUT2D eigenvalue weighted by atomic mass is 19.2. The van der Waals surface area contributed by atoms with Crippen molar-refractivity contribution in [3.63, 3.8) is 0 Å². The van der Waals surface area contributed by atoms with E-state index in [4.69, 9.17) is 4.74 Å². The molecule has 1 N–H and O–H groups in total. The lowest BCUT2D eigenvalue weighted by Crippen LogP contribution is -2.38. The molecular weight excluding hydrogens is 384 g/mol. The summed E-state index contributed by atoms with van der Waals surface area (Å²) < 4.78 is 34.2. The van der Waals surface area contributed by atoms with Crippen LogP contribution in [0.25, 0.3) is 11.4 Å². The molecule has 0 saturated carbocycles. The van der Waals surface area contributed by atoms with Crippen molar-refractivity contribution in [1.29, 1.82) is 0 Å². The molecule has 2 aromatic rings. The molecule has 1 amide bonds. The lowest BCUT2D eigenvalue weighted by atomic mass is 10.1. The van der Waals surface area contributed by atoms with Gasteiger partial charge in [-0.1, -0.05) is 6.92 Å². The Morgan fingerprint density at radius 2 is 1.90 bits per heavy atom. The molecule has 1 aliphatic rings. The number of carboxylic acids is 1. The van der Waals surface area contributed by atoms with E-state index in [9.17, 15) is 23.5 Å². The predicted octanol–water partition coefficient (Wildman–Crippen LogP) is 3.91. The normalized spacial score (nSPS) is 16.9. The molecule has 0 radical (unpaired) electrons. The third-order valence-electron chi connectivity index (χ3n) is 4.47. The summed E-state index contributed by atoms with van der Waals surface area (Å²) in [5.41, 5.74) is -0.352. The number of benzene rings is 1. The number of halogens is 2. The van der Waals surface area contributed by atoms with Crippen molar-refractivity contribution in [2.45, 2.75) is 46.4 Å². The summed E-state index contributed by atoms with van der Waals surface area (Å²) in [6, 6.07) is 3.30. The maximum atomic E-state index is 13.7. The van der Waals surface area contributed by atoms with Gasteiger partial charge in [0.1, 0.15) is 11.4 Å². The second kappa shape index (κ2) is 7.46.